The Hall–Kier alpha value is -2.47. The van der Waals surface area contributed by atoms with Crippen molar-refractivity contribution in [2.45, 2.75) is 17.1 Å². The van der Waals surface area contributed by atoms with E-state index in [4.69, 9.17) is 11.6 Å². The molecule has 0 bridgehead atoms. The van der Waals surface area contributed by atoms with E-state index in [1.54, 1.807) is 12.1 Å². The molecule has 0 aliphatic carbocycles. The summed E-state index contributed by atoms with van der Waals surface area (Å²) in [5, 5.41) is 11.3. The number of halogens is 1. The fraction of sp³-hybridized carbons (Fsp3) is 0.263. The molecule has 1 aliphatic heterocycles. The molecular formula is C19H19ClN4O5S2. The van der Waals surface area contributed by atoms with Crippen molar-refractivity contribution < 1.29 is 18.1 Å². The Bertz CT molecular complexity index is 1180. The minimum absolute atomic E-state index is 0.0258. The number of carbonyl (C=O) groups excluding carboxylic acids is 1. The molecule has 0 aromatic heterocycles. The molecule has 2 aromatic rings. The van der Waals surface area contributed by atoms with E-state index in [1.807, 2.05) is 6.92 Å². The van der Waals surface area contributed by atoms with Crippen molar-refractivity contribution in [3.05, 3.63) is 63.2 Å². The van der Waals surface area contributed by atoms with E-state index in [-0.39, 0.29) is 26.4 Å². The average Bonchev–Trinajstić information content (AvgIpc) is 3.07. The highest BCUT2D eigenvalue weighted by molar-refractivity contribution is 8.14. The quantitative estimate of drug-likeness (QED) is 0.473. The Morgan fingerprint density at radius 1 is 1.29 bits per heavy atom. The van der Waals surface area contributed by atoms with E-state index < -0.39 is 20.9 Å². The third kappa shape index (κ3) is 4.90. The largest absolute Gasteiger partial charge is 0.286 e. The summed E-state index contributed by atoms with van der Waals surface area (Å²) in [6.07, 6.45) is 0. The number of nitro groups is 1. The molecule has 0 spiro atoms. The van der Waals surface area contributed by atoms with Gasteiger partial charge in [-0.15, -0.1) is 0 Å². The molecule has 164 valence electrons. The third-order valence-electron chi connectivity index (χ3n) is 4.44. The minimum atomic E-state index is -3.63. The Morgan fingerprint density at radius 3 is 2.61 bits per heavy atom. The molecule has 1 fully saturated rings. The number of thioether (sulfide) groups is 1. The van der Waals surface area contributed by atoms with Gasteiger partial charge in [0.15, 0.2) is 5.17 Å². The van der Waals surface area contributed by atoms with Crippen LogP contribution in [0, 0.1) is 10.1 Å². The van der Waals surface area contributed by atoms with Crippen LogP contribution in [-0.4, -0.2) is 59.5 Å². The first-order valence-electron chi connectivity index (χ1n) is 9.04. The van der Waals surface area contributed by atoms with Crippen molar-refractivity contribution in [3.8, 4) is 0 Å². The summed E-state index contributed by atoms with van der Waals surface area (Å²) >= 11 is 7.49. The van der Waals surface area contributed by atoms with Crippen molar-refractivity contribution in [1.82, 2.24) is 9.21 Å². The summed E-state index contributed by atoms with van der Waals surface area (Å²) in [6.45, 7) is 2.29. The van der Waals surface area contributed by atoms with Crippen LogP contribution >= 0.6 is 23.4 Å². The third-order valence-corrected chi connectivity index (χ3v) is 7.63. The van der Waals surface area contributed by atoms with Gasteiger partial charge < -0.3 is 0 Å². The summed E-state index contributed by atoms with van der Waals surface area (Å²) in [5.74, 6) is -0.437. The number of non-ortho nitro benzene ring substituents is 1. The van der Waals surface area contributed by atoms with Gasteiger partial charge in [0.25, 0.3) is 11.6 Å². The van der Waals surface area contributed by atoms with Crippen molar-refractivity contribution in [2.75, 3.05) is 20.6 Å². The average molecular weight is 483 g/mol. The number of hydrogen-bond acceptors (Lipinski definition) is 7. The molecule has 1 heterocycles. The maximum absolute atomic E-state index is 13.1. The monoisotopic (exact) mass is 482 g/mol. The Balaban J connectivity index is 1.96. The summed E-state index contributed by atoms with van der Waals surface area (Å²) in [4.78, 5) is 29.4. The molecule has 1 saturated heterocycles. The second-order valence-electron chi connectivity index (χ2n) is 6.94. The predicted molar refractivity (Wildman–Crippen MR) is 121 cm³/mol. The molecule has 1 aliphatic rings. The number of nitro benzene ring substituents is 1. The van der Waals surface area contributed by atoms with Gasteiger partial charge in [-0.2, -0.15) is 0 Å². The maximum Gasteiger partial charge on any atom is 0.270 e. The minimum Gasteiger partial charge on any atom is -0.286 e. The van der Waals surface area contributed by atoms with Gasteiger partial charge in [0.05, 0.1) is 26.1 Å². The summed E-state index contributed by atoms with van der Waals surface area (Å²) in [5.41, 5.74) is 0.296. The zero-order valence-corrected chi connectivity index (χ0v) is 19.2. The van der Waals surface area contributed by atoms with Crippen LogP contribution in [-0.2, 0) is 10.0 Å². The standard InChI is InChI=1S/C19H19ClN4O5S2/c1-12-11-23(18(25)16-8-7-14(24(26)27)10-17(16)20)19(30-12)21-13-5-4-6-15(9-13)31(28,29)22(2)3/h4-10,12H,11H2,1-3H3. The molecular weight excluding hydrogens is 464 g/mol. The number of amides is 1. The number of nitrogens with zero attached hydrogens (tertiary/aromatic N) is 4. The van der Waals surface area contributed by atoms with E-state index >= 15 is 0 Å². The fourth-order valence-corrected chi connectivity index (χ4v) is 5.07. The van der Waals surface area contributed by atoms with Gasteiger partial charge in [0.1, 0.15) is 0 Å². The first-order chi connectivity index (χ1) is 14.5. The summed E-state index contributed by atoms with van der Waals surface area (Å²) in [6, 6.07) is 9.81. The van der Waals surface area contributed by atoms with Gasteiger partial charge in [-0.3, -0.25) is 19.8 Å². The van der Waals surface area contributed by atoms with Gasteiger partial charge in [-0.05, 0) is 24.3 Å². The van der Waals surface area contributed by atoms with Crippen LogP contribution in [0.2, 0.25) is 5.02 Å². The van der Waals surface area contributed by atoms with Crippen LogP contribution < -0.4 is 0 Å². The fourth-order valence-electron chi connectivity index (χ4n) is 2.84. The van der Waals surface area contributed by atoms with E-state index in [0.29, 0.717) is 17.4 Å². The lowest BCUT2D eigenvalue weighted by molar-refractivity contribution is -0.384. The lowest BCUT2D eigenvalue weighted by Gasteiger charge is -2.17. The number of amidine groups is 1. The summed E-state index contributed by atoms with van der Waals surface area (Å²) in [7, 11) is -0.747. The van der Waals surface area contributed by atoms with Crippen LogP contribution in [0.3, 0.4) is 0 Å². The van der Waals surface area contributed by atoms with Crippen molar-refractivity contribution in [3.63, 3.8) is 0 Å². The molecule has 3 rings (SSSR count). The van der Waals surface area contributed by atoms with Gasteiger partial charge in [-0.1, -0.05) is 36.4 Å². The molecule has 0 N–H and O–H groups in total. The molecule has 0 radical (unpaired) electrons. The highest BCUT2D eigenvalue weighted by atomic mass is 35.5. The van der Waals surface area contributed by atoms with Crippen molar-refractivity contribution in [2.24, 2.45) is 4.99 Å². The molecule has 1 amide bonds. The molecule has 9 nitrogen and oxygen atoms in total. The topological polar surface area (TPSA) is 113 Å². The Morgan fingerprint density at radius 2 is 2.00 bits per heavy atom. The first-order valence-corrected chi connectivity index (χ1v) is 11.7. The highest BCUT2D eigenvalue weighted by Crippen LogP contribution is 2.32. The molecule has 0 saturated carbocycles. The van der Waals surface area contributed by atoms with Crippen LogP contribution in [0.4, 0.5) is 11.4 Å². The maximum atomic E-state index is 13.1. The number of benzene rings is 2. The van der Waals surface area contributed by atoms with Crippen LogP contribution in [0.1, 0.15) is 17.3 Å². The van der Waals surface area contributed by atoms with Crippen molar-refractivity contribution in [1.29, 1.82) is 0 Å². The molecule has 2 aromatic carbocycles. The van der Waals surface area contributed by atoms with Crippen molar-refractivity contribution >= 4 is 55.8 Å². The number of rotatable bonds is 5. The Labute approximate surface area is 188 Å². The van der Waals surface area contributed by atoms with E-state index in [2.05, 4.69) is 4.99 Å². The zero-order valence-electron chi connectivity index (χ0n) is 16.9. The zero-order chi connectivity index (χ0) is 22.9. The van der Waals surface area contributed by atoms with Gasteiger partial charge in [0, 0.05) is 38.0 Å². The second-order valence-corrected chi connectivity index (χ2v) is 10.9. The van der Waals surface area contributed by atoms with Crippen LogP contribution in [0.15, 0.2) is 52.4 Å². The first kappa shape index (κ1) is 23.2. The number of carbonyl (C=O) groups is 1. The highest BCUT2D eigenvalue weighted by Gasteiger charge is 2.33. The lowest BCUT2D eigenvalue weighted by atomic mass is 10.2. The van der Waals surface area contributed by atoms with Gasteiger partial charge in [-0.25, -0.2) is 17.7 Å². The second kappa shape index (κ2) is 8.95. The number of hydrogen-bond donors (Lipinski definition) is 0. The molecule has 1 unspecified atom stereocenters. The Kier molecular flexibility index (Phi) is 6.70. The van der Waals surface area contributed by atoms with E-state index in [1.165, 1.54) is 55.0 Å². The number of sulfonamides is 1. The SMILES string of the molecule is CC1CN(C(=O)c2ccc([N+](=O)[O-])cc2Cl)C(=Nc2cccc(S(=O)(=O)N(C)C)c2)S1. The molecule has 31 heavy (non-hydrogen) atoms. The smallest absolute Gasteiger partial charge is 0.270 e. The predicted octanol–water partition coefficient (Wildman–Crippen LogP) is 3.76. The number of aliphatic imine (C=N–C) groups is 1. The normalized spacial score (nSPS) is 18.0. The van der Waals surface area contributed by atoms with Gasteiger partial charge >= 0.3 is 0 Å². The van der Waals surface area contributed by atoms with Crippen LogP contribution in [0.5, 0.6) is 0 Å². The van der Waals surface area contributed by atoms with E-state index in [0.717, 1.165) is 10.4 Å². The summed E-state index contributed by atoms with van der Waals surface area (Å²) < 4.78 is 25.9. The molecule has 1 atom stereocenters. The lowest BCUT2D eigenvalue weighted by Crippen LogP contribution is -2.32. The van der Waals surface area contributed by atoms with Gasteiger partial charge in [0.2, 0.25) is 10.0 Å². The van der Waals surface area contributed by atoms with E-state index in [9.17, 15) is 23.3 Å². The molecule has 12 heteroatoms. The van der Waals surface area contributed by atoms with Crippen LogP contribution in [0.25, 0.3) is 0 Å².